The van der Waals surface area contributed by atoms with Gasteiger partial charge in [-0.2, -0.15) is 0 Å². The van der Waals surface area contributed by atoms with Crippen molar-refractivity contribution in [2.75, 3.05) is 6.61 Å². The maximum absolute atomic E-state index is 5.68. The summed E-state index contributed by atoms with van der Waals surface area (Å²) in [5.41, 5.74) is 7.82. The normalized spacial score (nSPS) is 9.27. The van der Waals surface area contributed by atoms with E-state index < -0.39 is 0 Å². The summed E-state index contributed by atoms with van der Waals surface area (Å²) in [6, 6.07) is 6.02. The van der Waals surface area contributed by atoms with Crippen LogP contribution >= 0.6 is 0 Å². The molecule has 2 nitrogen and oxygen atoms in total. The van der Waals surface area contributed by atoms with Gasteiger partial charge in [0.05, 0.1) is 6.61 Å². The zero-order chi connectivity index (χ0) is 11.1. The Balaban J connectivity index is 2.68. The number of aryl methyl sites for hydroxylation is 1. The molecule has 2 N–H and O–H groups in total. The molecule has 0 saturated carbocycles. The van der Waals surface area contributed by atoms with Crippen LogP contribution in [0, 0.1) is 18.8 Å². The summed E-state index contributed by atoms with van der Waals surface area (Å²) in [5, 5.41) is 0. The van der Waals surface area contributed by atoms with Gasteiger partial charge in [-0.25, -0.2) is 0 Å². The van der Waals surface area contributed by atoms with E-state index in [0.29, 0.717) is 13.2 Å². The van der Waals surface area contributed by atoms with E-state index in [1.807, 2.05) is 32.0 Å². The van der Waals surface area contributed by atoms with Crippen LogP contribution in [-0.4, -0.2) is 6.61 Å². The van der Waals surface area contributed by atoms with E-state index >= 15 is 0 Å². The zero-order valence-corrected chi connectivity index (χ0v) is 9.34. The first-order valence-corrected chi connectivity index (χ1v) is 5.10. The van der Waals surface area contributed by atoms with Crippen LogP contribution in [0.5, 0.6) is 5.75 Å². The lowest BCUT2D eigenvalue weighted by Gasteiger charge is -2.11. The second-order valence-electron chi connectivity index (χ2n) is 3.29. The summed E-state index contributed by atoms with van der Waals surface area (Å²) in [7, 11) is 0. The summed E-state index contributed by atoms with van der Waals surface area (Å²) >= 11 is 0. The SMILES string of the molecule is CC#CCCOc1c(C)cccc1CN. The van der Waals surface area contributed by atoms with Gasteiger partial charge < -0.3 is 10.5 Å². The second kappa shape index (κ2) is 6.10. The summed E-state index contributed by atoms with van der Waals surface area (Å²) < 4.78 is 5.68. The Morgan fingerprint density at radius 3 is 2.87 bits per heavy atom. The minimum Gasteiger partial charge on any atom is -0.492 e. The summed E-state index contributed by atoms with van der Waals surface area (Å²) in [6.45, 7) is 4.99. The highest BCUT2D eigenvalue weighted by Crippen LogP contribution is 2.22. The smallest absolute Gasteiger partial charge is 0.126 e. The zero-order valence-electron chi connectivity index (χ0n) is 9.34. The van der Waals surface area contributed by atoms with Crippen molar-refractivity contribution in [3.05, 3.63) is 29.3 Å². The fraction of sp³-hybridized carbons (Fsp3) is 0.385. The summed E-state index contributed by atoms with van der Waals surface area (Å²) in [6.07, 6.45) is 0.759. The third-order valence-corrected chi connectivity index (χ3v) is 2.16. The fourth-order valence-electron chi connectivity index (χ4n) is 1.41. The molecule has 0 atom stereocenters. The van der Waals surface area contributed by atoms with E-state index in [9.17, 15) is 0 Å². The van der Waals surface area contributed by atoms with Gasteiger partial charge in [0.25, 0.3) is 0 Å². The lowest BCUT2D eigenvalue weighted by Crippen LogP contribution is -2.04. The number of ether oxygens (including phenoxy) is 1. The lowest BCUT2D eigenvalue weighted by molar-refractivity contribution is 0.321. The topological polar surface area (TPSA) is 35.2 Å². The van der Waals surface area contributed by atoms with E-state index in [1.54, 1.807) is 0 Å². The Labute approximate surface area is 91.4 Å². The van der Waals surface area contributed by atoms with Crippen molar-refractivity contribution in [1.29, 1.82) is 0 Å². The molecule has 15 heavy (non-hydrogen) atoms. The predicted octanol–water partition coefficient (Wildman–Crippen LogP) is 2.25. The number of benzene rings is 1. The van der Waals surface area contributed by atoms with Crippen LogP contribution in [0.25, 0.3) is 0 Å². The average molecular weight is 203 g/mol. The van der Waals surface area contributed by atoms with Gasteiger partial charge in [-0.1, -0.05) is 18.2 Å². The quantitative estimate of drug-likeness (QED) is 0.601. The van der Waals surface area contributed by atoms with Crippen molar-refractivity contribution in [3.8, 4) is 17.6 Å². The van der Waals surface area contributed by atoms with Gasteiger partial charge in [-0.15, -0.1) is 11.8 Å². The first-order valence-electron chi connectivity index (χ1n) is 5.10. The molecular weight excluding hydrogens is 186 g/mol. The van der Waals surface area contributed by atoms with E-state index in [4.69, 9.17) is 10.5 Å². The van der Waals surface area contributed by atoms with Gasteiger partial charge in [0.15, 0.2) is 0 Å². The van der Waals surface area contributed by atoms with E-state index in [2.05, 4.69) is 11.8 Å². The molecule has 1 aromatic carbocycles. The van der Waals surface area contributed by atoms with E-state index in [0.717, 1.165) is 23.3 Å². The predicted molar refractivity (Wildman–Crippen MR) is 62.6 cm³/mol. The molecular formula is C13H17NO. The molecule has 0 aromatic heterocycles. The van der Waals surface area contributed by atoms with Gasteiger partial charge in [-0.05, 0) is 19.4 Å². The number of hydrogen-bond donors (Lipinski definition) is 1. The summed E-state index contributed by atoms with van der Waals surface area (Å²) in [4.78, 5) is 0. The third kappa shape index (κ3) is 3.30. The Morgan fingerprint density at radius 1 is 1.40 bits per heavy atom. The van der Waals surface area contributed by atoms with Crippen molar-refractivity contribution in [2.24, 2.45) is 5.73 Å². The standard InChI is InChI=1S/C13H17NO/c1-3-4-5-9-15-13-11(2)7-6-8-12(13)10-14/h6-8H,5,9-10,14H2,1-2H3. The van der Waals surface area contributed by atoms with Crippen molar-refractivity contribution in [2.45, 2.75) is 26.8 Å². The number of hydrogen-bond acceptors (Lipinski definition) is 2. The Morgan fingerprint density at radius 2 is 2.20 bits per heavy atom. The van der Waals surface area contributed by atoms with Crippen LogP contribution in [0.3, 0.4) is 0 Å². The van der Waals surface area contributed by atoms with Crippen molar-refractivity contribution in [3.63, 3.8) is 0 Å². The second-order valence-corrected chi connectivity index (χ2v) is 3.29. The van der Waals surface area contributed by atoms with Crippen LogP contribution in [0.4, 0.5) is 0 Å². The molecule has 0 unspecified atom stereocenters. The van der Waals surface area contributed by atoms with Crippen molar-refractivity contribution >= 4 is 0 Å². The third-order valence-electron chi connectivity index (χ3n) is 2.16. The molecule has 80 valence electrons. The molecule has 0 bridgehead atoms. The van der Waals surface area contributed by atoms with Gasteiger partial charge in [-0.3, -0.25) is 0 Å². The monoisotopic (exact) mass is 203 g/mol. The largest absolute Gasteiger partial charge is 0.492 e. The molecule has 0 spiro atoms. The minimum atomic E-state index is 0.510. The first-order chi connectivity index (χ1) is 7.29. The van der Waals surface area contributed by atoms with Gasteiger partial charge >= 0.3 is 0 Å². The average Bonchev–Trinajstić information content (AvgIpc) is 2.26. The van der Waals surface area contributed by atoms with E-state index in [1.165, 1.54) is 0 Å². The maximum atomic E-state index is 5.68. The molecule has 0 heterocycles. The minimum absolute atomic E-state index is 0.510. The van der Waals surface area contributed by atoms with Crippen molar-refractivity contribution in [1.82, 2.24) is 0 Å². The van der Waals surface area contributed by atoms with Crippen molar-refractivity contribution < 1.29 is 4.74 Å². The summed E-state index contributed by atoms with van der Waals surface area (Å²) in [5.74, 6) is 6.73. The highest BCUT2D eigenvalue weighted by atomic mass is 16.5. The molecule has 0 saturated heterocycles. The maximum Gasteiger partial charge on any atom is 0.126 e. The molecule has 0 aliphatic heterocycles. The molecule has 0 aliphatic rings. The van der Waals surface area contributed by atoms with Crippen LogP contribution in [0.1, 0.15) is 24.5 Å². The van der Waals surface area contributed by atoms with Gasteiger partial charge in [0.2, 0.25) is 0 Å². The molecule has 2 heteroatoms. The number of para-hydroxylation sites is 1. The van der Waals surface area contributed by atoms with E-state index in [-0.39, 0.29) is 0 Å². The Kier molecular flexibility index (Phi) is 4.73. The fourth-order valence-corrected chi connectivity index (χ4v) is 1.41. The molecule has 0 fully saturated rings. The highest BCUT2D eigenvalue weighted by molar-refractivity contribution is 5.40. The number of nitrogens with two attached hydrogens (primary N) is 1. The molecule has 1 aromatic rings. The Bertz CT molecular complexity index is 374. The van der Waals surface area contributed by atoms with Crippen LogP contribution in [-0.2, 0) is 6.54 Å². The molecule has 0 aliphatic carbocycles. The van der Waals surface area contributed by atoms with Gasteiger partial charge in [0.1, 0.15) is 5.75 Å². The lowest BCUT2D eigenvalue weighted by atomic mass is 10.1. The molecule has 0 radical (unpaired) electrons. The van der Waals surface area contributed by atoms with Crippen LogP contribution < -0.4 is 10.5 Å². The number of rotatable bonds is 4. The Hall–Kier alpha value is -1.46. The molecule has 0 amide bonds. The first kappa shape index (κ1) is 11.6. The van der Waals surface area contributed by atoms with Crippen LogP contribution in [0.2, 0.25) is 0 Å². The van der Waals surface area contributed by atoms with Gasteiger partial charge in [0, 0.05) is 18.5 Å². The highest BCUT2D eigenvalue weighted by Gasteiger charge is 2.04. The van der Waals surface area contributed by atoms with Crippen LogP contribution in [0.15, 0.2) is 18.2 Å². The molecule has 1 rings (SSSR count).